The number of fused-ring (bicyclic) bond motifs is 10. The first-order valence-corrected chi connectivity index (χ1v) is 24.0. The second-order valence-electron chi connectivity index (χ2n) is 17.8. The van der Waals surface area contributed by atoms with Gasteiger partial charge in [0.1, 0.15) is 0 Å². The molecule has 12 aromatic rings. The summed E-state index contributed by atoms with van der Waals surface area (Å²) < 4.78 is 2.40. The molecule has 1 aliphatic heterocycles. The maximum Gasteiger partial charge on any atom is 0.0541 e. The van der Waals surface area contributed by atoms with Crippen molar-refractivity contribution in [2.45, 2.75) is 10.8 Å². The predicted octanol–water partition coefficient (Wildman–Crippen LogP) is 18.1. The molecule has 1 atom stereocenters. The summed E-state index contributed by atoms with van der Waals surface area (Å²) >= 11 is 1.94. The van der Waals surface area contributed by atoms with Gasteiger partial charge in [-0.05, 0) is 124 Å². The quantitative estimate of drug-likeness (QED) is 0.156. The molecule has 2 heteroatoms. The van der Waals surface area contributed by atoms with E-state index in [9.17, 15) is 0 Å². The molecular weight excluding hydrogens is 827 g/mol. The number of thioether (sulfide) groups is 1. The maximum atomic E-state index is 2.45. The highest BCUT2D eigenvalue weighted by atomic mass is 32.2. The van der Waals surface area contributed by atoms with Gasteiger partial charge in [-0.2, -0.15) is 0 Å². The highest BCUT2D eigenvalue weighted by molar-refractivity contribution is 8.03. The first-order valence-electron chi connectivity index (χ1n) is 23.2. The molecule has 0 radical (unpaired) electrons. The summed E-state index contributed by atoms with van der Waals surface area (Å²) in [6.07, 6.45) is 9.61. The summed E-state index contributed by atoms with van der Waals surface area (Å²) in [6.45, 7) is 0. The SMILES string of the molecule is C1=CC2C(=CC=C1c1c3ccccc3c(-c3ccccc3)c3ccccc13)Sc1c(-c3c4ccccc4c(-c4ccc5c(c4)c4ccccc4n5-c4ccccc4)c4ccccc34)cccc12. The highest BCUT2D eigenvalue weighted by Crippen LogP contribution is 2.56. The molecule has 0 saturated carbocycles. The van der Waals surface area contributed by atoms with Gasteiger partial charge in [-0.25, -0.2) is 0 Å². The monoisotopic (exact) mass is 867 g/mol. The van der Waals surface area contributed by atoms with Crippen LogP contribution in [-0.4, -0.2) is 4.57 Å². The van der Waals surface area contributed by atoms with E-state index in [2.05, 4.69) is 247 Å². The summed E-state index contributed by atoms with van der Waals surface area (Å²) in [5, 5.41) is 12.7. The maximum absolute atomic E-state index is 2.45. The second kappa shape index (κ2) is 15.2. The molecule has 67 heavy (non-hydrogen) atoms. The minimum absolute atomic E-state index is 0.163. The smallest absolute Gasteiger partial charge is 0.0541 e. The molecule has 1 unspecified atom stereocenters. The number of nitrogens with zero attached hydrogens (tertiary/aromatic N) is 1. The van der Waals surface area contributed by atoms with Crippen LogP contribution in [0.5, 0.6) is 0 Å². The van der Waals surface area contributed by atoms with E-state index in [1.165, 1.54) is 130 Å². The third-order valence-corrected chi connectivity index (χ3v) is 15.5. The Balaban J connectivity index is 0.914. The van der Waals surface area contributed by atoms with Gasteiger partial charge in [-0.15, -0.1) is 0 Å². The van der Waals surface area contributed by atoms with Gasteiger partial charge in [-0.3, -0.25) is 0 Å². The Morgan fingerprint density at radius 3 is 1.49 bits per heavy atom. The Hall–Kier alpha value is -8.17. The third kappa shape index (κ3) is 5.83. The zero-order valence-electron chi connectivity index (χ0n) is 36.5. The van der Waals surface area contributed by atoms with Gasteiger partial charge < -0.3 is 4.57 Å². The lowest BCUT2D eigenvalue weighted by atomic mass is 9.84. The number of aromatic nitrogens is 1. The van der Waals surface area contributed by atoms with Crippen molar-refractivity contribution in [1.82, 2.24) is 4.57 Å². The van der Waals surface area contributed by atoms with Crippen molar-refractivity contribution in [1.29, 1.82) is 0 Å². The molecule has 0 spiro atoms. The van der Waals surface area contributed by atoms with E-state index in [1.807, 2.05) is 11.8 Å². The van der Waals surface area contributed by atoms with Gasteiger partial charge >= 0.3 is 0 Å². The van der Waals surface area contributed by atoms with E-state index >= 15 is 0 Å². The number of benzene rings is 11. The number of allylic oxidation sites excluding steroid dienone is 6. The topological polar surface area (TPSA) is 4.93 Å². The van der Waals surface area contributed by atoms with Crippen LogP contribution < -0.4 is 0 Å². The van der Waals surface area contributed by atoms with Crippen molar-refractivity contribution in [3.63, 3.8) is 0 Å². The van der Waals surface area contributed by atoms with Crippen LogP contribution in [0.25, 0.3) is 110 Å². The predicted molar refractivity (Wildman–Crippen MR) is 287 cm³/mol. The average Bonchev–Trinajstić information content (AvgIpc) is 3.84. The fourth-order valence-corrected chi connectivity index (χ4v) is 12.7. The van der Waals surface area contributed by atoms with Crippen molar-refractivity contribution in [3.8, 4) is 39.1 Å². The number of hydrogen-bond acceptors (Lipinski definition) is 1. The number of hydrogen-bond donors (Lipinski definition) is 0. The van der Waals surface area contributed by atoms with Crippen molar-refractivity contribution in [3.05, 3.63) is 259 Å². The second-order valence-corrected chi connectivity index (χ2v) is 18.9. The Labute approximate surface area is 393 Å². The van der Waals surface area contributed by atoms with Crippen LogP contribution in [0.4, 0.5) is 0 Å². The first-order chi connectivity index (χ1) is 33.3. The van der Waals surface area contributed by atoms with Crippen LogP contribution in [0.3, 0.4) is 0 Å². The summed E-state index contributed by atoms with van der Waals surface area (Å²) in [5.41, 5.74) is 15.1. The minimum atomic E-state index is 0.163. The van der Waals surface area contributed by atoms with Gasteiger partial charge in [-0.1, -0.05) is 224 Å². The van der Waals surface area contributed by atoms with E-state index in [1.54, 1.807) is 0 Å². The van der Waals surface area contributed by atoms with Crippen molar-refractivity contribution in [2.75, 3.05) is 0 Å². The van der Waals surface area contributed by atoms with Gasteiger partial charge in [0.15, 0.2) is 0 Å². The largest absolute Gasteiger partial charge is 0.309 e. The molecule has 312 valence electrons. The van der Waals surface area contributed by atoms with Gasteiger partial charge in [0, 0.05) is 32.2 Å². The molecule has 1 aromatic heterocycles. The van der Waals surface area contributed by atoms with E-state index in [0.29, 0.717) is 0 Å². The first kappa shape index (κ1) is 38.1. The highest BCUT2D eigenvalue weighted by Gasteiger charge is 2.31. The standard InChI is InChI=1S/C65H41NS/c1-3-18-41(19-4-1)61-47-23-7-9-25-49(47)62(50-26-10-8-24-48(50)61)42-34-37-46-55-31-17-32-56(65(55)67-60(46)39-36-42)64-53-29-13-11-27-51(53)63(52-28-12-14-30-54(52)64)43-35-38-59-57(40-43)45-22-15-16-33-58(45)66(59)44-20-5-2-6-21-44/h1-40,46H. The fourth-order valence-electron chi connectivity index (χ4n) is 11.4. The molecule has 11 aromatic carbocycles. The molecule has 0 bridgehead atoms. The zero-order chi connectivity index (χ0) is 44.0. The molecule has 2 aliphatic rings. The van der Waals surface area contributed by atoms with E-state index < -0.39 is 0 Å². The molecule has 1 aliphatic carbocycles. The number of rotatable bonds is 5. The number of para-hydroxylation sites is 2. The lowest BCUT2D eigenvalue weighted by Gasteiger charge is -2.19. The van der Waals surface area contributed by atoms with Crippen LogP contribution in [0.15, 0.2) is 252 Å². The van der Waals surface area contributed by atoms with Crippen LogP contribution in [0.1, 0.15) is 17.0 Å². The Bertz CT molecular complexity index is 4000. The molecule has 2 heterocycles. The fraction of sp³-hybridized carbons (Fsp3) is 0.0154. The van der Waals surface area contributed by atoms with Gasteiger partial charge in [0.2, 0.25) is 0 Å². The van der Waals surface area contributed by atoms with Gasteiger partial charge in [0.25, 0.3) is 0 Å². The summed E-state index contributed by atoms with van der Waals surface area (Å²) in [6, 6.07) is 80.5. The van der Waals surface area contributed by atoms with Crippen LogP contribution in [0, 0.1) is 0 Å². The van der Waals surface area contributed by atoms with E-state index in [-0.39, 0.29) is 5.92 Å². The minimum Gasteiger partial charge on any atom is -0.309 e. The molecule has 14 rings (SSSR count). The molecule has 0 saturated heterocycles. The zero-order valence-corrected chi connectivity index (χ0v) is 37.3. The Kier molecular flexibility index (Phi) is 8.65. The van der Waals surface area contributed by atoms with Crippen molar-refractivity contribution < 1.29 is 0 Å². The van der Waals surface area contributed by atoms with Crippen molar-refractivity contribution >= 4 is 82.2 Å². The summed E-state index contributed by atoms with van der Waals surface area (Å²) in [5.74, 6) is 0.163. The Morgan fingerprint density at radius 1 is 0.358 bits per heavy atom. The summed E-state index contributed by atoms with van der Waals surface area (Å²) in [4.78, 5) is 2.71. The van der Waals surface area contributed by atoms with Crippen LogP contribution in [-0.2, 0) is 0 Å². The molecule has 0 amide bonds. The average molecular weight is 868 g/mol. The van der Waals surface area contributed by atoms with E-state index in [4.69, 9.17) is 0 Å². The molecular formula is C65H41NS. The molecule has 0 N–H and O–H groups in total. The van der Waals surface area contributed by atoms with Crippen LogP contribution in [0.2, 0.25) is 0 Å². The normalized spacial score (nSPS) is 14.5. The van der Waals surface area contributed by atoms with E-state index in [0.717, 1.165) is 0 Å². The molecule has 1 nitrogen and oxygen atoms in total. The third-order valence-electron chi connectivity index (χ3n) is 14.3. The lowest BCUT2D eigenvalue weighted by Crippen LogP contribution is -1.95. The Morgan fingerprint density at radius 2 is 0.866 bits per heavy atom. The van der Waals surface area contributed by atoms with Crippen LogP contribution >= 0.6 is 11.8 Å². The van der Waals surface area contributed by atoms with Crippen molar-refractivity contribution in [2.24, 2.45) is 0 Å². The van der Waals surface area contributed by atoms with Gasteiger partial charge in [0.05, 0.1) is 11.0 Å². The summed E-state index contributed by atoms with van der Waals surface area (Å²) in [7, 11) is 0. The molecule has 0 fully saturated rings. The lowest BCUT2D eigenvalue weighted by molar-refractivity contribution is 1.05.